The van der Waals surface area contributed by atoms with Gasteiger partial charge in [0, 0.05) is 73.2 Å². The molecule has 2 aromatic carbocycles. The first-order valence-corrected chi connectivity index (χ1v) is 13.1. The lowest BCUT2D eigenvalue weighted by Gasteiger charge is -2.38. The molecule has 1 aliphatic heterocycles. The third kappa shape index (κ3) is 6.86. The standard InChI is InChI=1S/C29H30ClF2N5O.2ClH/c1-18(2)34-17-26(19-3-5-21(30)6-4-19)29(38)37-11-9-36(10-12-37)27-24-7-8-33-28(24)35-16-25(27)20-13-22(31)15-23(32)14-20;;/h3-8,13-16,18,26,34H,9-12,17H2,1-2H3,(H,33,35);2*1H. The number of nitrogens with one attached hydrogen (secondary N) is 2. The summed E-state index contributed by atoms with van der Waals surface area (Å²) >= 11 is 6.09. The number of piperazine rings is 1. The number of anilines is 1. The van der Waals surface area contributed by atoms with Gasteiger partial charge in [-0.15, -0.1) is 24.8 Å². The third-order valence-electron chi connectivity index (χ3n) is 6.94. The van der Waals surface area contributed by atoms with Crippen LogP contribution in [0.4, 0.5) is 14.5 Å². The molecule has 1 atom stereocenters. The summed E-state index contributed by atoms with van der Waals surface area (Å²) in [5.41, 5.74) is 3.55. The summed E-state index contributed by atoms with van der Waals surface area (Å²) in [6.45, 7) is 6.84. The zero-order valence-electron chi connectivity index (χ0n) is 22.2. The number of carbonyl (C=O) groups is 1. The number of nitrogens with zero attached hydrogens (tertiary/aromatic N) is 3. The lowest BCUT2D eigenvalue weighted by Crippen LogP contribution is -2.51. The highest BCUT2D eigenvalue weighted by Gasteiger charge is 2.30. The van der Waals surface area contributed by atoms with E-state index in [0.29, 0.717) is 54.5 Å². The van der Waals surface area contributed by atoms with Crippen LogP contribution in [0.5, 0.6) is 0 Å². The van der Waals surface area contributed by atoms with Crippen molar-refractivity contribution >= 4 is 59.0 Å². The van der Waals surface area contributed by atoms with Crippen LogP contribution in [0.3, 0.4) is 0 Å². The first-order chi connectivity index (χ1) is 18.3. The van der Waals surface area contributed by atoms with Crippen LogP contribution in [0.25, 0.3) is 22.2 Å². The van der Waals surface area contributed by atoms with E-state index < -0.39 is 11.6 Å². The molecule has 0 bridgehead atoms. The molecule has 2 aromatic heterocycles. The molecule has 11 heteroatoms. The molecule has 0 aliphatic carbocycles. The number of carbonyl (C=O) groups excluding carboxylic acids is 1. The fraction of sp³-hybridized carbons (Fsp3) is 0.310. The highest BCUT2D eigenvalue weighted by molar-refractivity contribution is 6.30. The number of amides is 1. The largest absolute Gasteiger partial charge is 0.367 e. The number of pyridine rings is 1. The summed E-state index contributed by atoms with van der Waals surface area (Å²) in [5.74, 6) is -1.55. The molecule has 6 nitrogen and oxygen atoms in total. The Morgan fingerprint density at radius 3 is 2.30 bits per heavy atom. The Morgan fingerprint density at radius 1 is 1.02 bits per heavy atom. The summed E-state index contributed by atoms with van der Waals surface area (Å²) in [5, 5.41) is 4.90. The van der Waals surface area contributed by atoms with Crippen LogP contribution in [0.2, 0.25) is 5.02 Å². The van der Waals surface area contributed by atoms with Gasteiger partial charge in [0.05, 0.1) is 11.6 Å². The first-order valence-electron chi connectivity index (χ1n) is 12.8. The van der Waals surface area contributed by atoms with Crippen molar-refractivity contribution in [1.82, 2.24) is 20.2 Å². The van der Waals surface area contributed by atoms with Crippen molar-refractivity contribution in [3.05, 3.63) is 83.1 Å². The average molecular weight is 611 g/mol. The normalized spacial score (nSPS) is 14.2. The quantitative estimate of drug-likeness (QED) is 0.253. The number of hydrogen-bond acceptors (Lipinski definition) is 4. The molecular formula is C29H32Cl3F2N5O. The van der Waals surface area contributed by atoms with Gasteiger partial charge in [0.2, 0.25) is 5.91 Å². The lowest BCUT2D eigenvalue weighted by atomic mass is 9.96. The van der Waals surface area contributed by atoms with Gasteiger partial charge in [-0.05, 0) is 41.5 Å². The van der Waals surface area contributed by atoms with E-state index in [0.717, 1.165) is 22.7 Å². The van der Waals surface area contributed by atoms with E-state index in [1.165, 1.54) is 12.1 Å². The van der Waals surface area contributed by atoms with Crippen LogP contribution in [0, 0.1) is 11.6 Å². The average Bonchev–Trinajstić information content (AvgIpc) is 3.37. The first kappa shape index (κ1) is 31.6. The smallest absolute Gasteiger partial charge is 0.231 e. The second kappa shape index (κ2) is 13.6. The Balaban J connectivity index is 0.00000220. The molecule has 40 heavy (non-hydrogen) atoms. The molecule has 1 fully saturated rings. The van der Waals surface area contributed by atoms with E-state index in [9.17, 15) is 13.6 Å². The minimum Gasteiger partial charge on any atom is -0.367 e. The van der Waals surface area contributed by atoms with Crippen molar-refractivity contribution in [3.8, 4) is 11.1 Å². The second-order valence-corrected chi connectivity index (χ2v) is 10.3. The van der Waals surface area contributed by atoms with Crippen molar-refractivity contribution in [2.75, 3.05) is 37.6 Å². The molecule has 2 N–H and O–H groups in total. The van der Waals surface area contributed by atoms with Crippen molar-refractivity contribution in [2.24, 2.45) is 0 Å². The number of H-pyrrole nitrogens is 1. The van der Waals surface area contributed by atoms with E-state index in [1.54, 1.807) is 12.4 Å². The minimum absolute atomic E-state index is 0. The van der Waals surface area contributed by atoms with Crippen molar-refractivity contribution in [3.63, 3.8) is 0 Å². The highest BCUT2D eigenvalue weighted by atomic mass is 35.5. The molecule has 5 rings (SSSR count). The number of aromatic nitrogens is 2. The van der Waals surface area contributed by atoms with Gasteiger partial charge >= 0.3 is 0 Å². The fourth-order valence-corrected chi connectivity index (χ4v) is 5.15. The summed E-state index contributed by atoms with van der Waals surface area (Å²) in [6, 6.07) is 13.1. The molecule has 0 spiro atoms. The van der Waals surface area contributed by atoms with Crippen molar-refractivity contribution in [2.45, 2.75) is 25.8 Å². The maximum absolute atomic E-state index is 14.1. The Labute approximate surface area is 249 Å². The molecule has 0 saturated carbocycles. The van der Waals surface area contributed by atoms with Gasteiger partial charge in [-0.2, -0.15) is 0 Å². The zero-order chi connectivity index (χ0) is 26.8. The Hall–Kier alpha value is -2.91. The van der Waals surface area contributed by atoms with E-state index in [4.69, 9.17) is 11.6 Å². The molecular weight excluding hydrogens is 579 g/mol. The van der Waals surface area contributed by atoms with E-state index in [-0.39, 0.29) is 42.7 Å². The molecule has 3 heterocycles. The predicted octanol–water partition coefficient (Wildman–Crippen LogP) is 6.44. The number of benzene rings is 2. The summed E-state index contributed by atoms with van der Waals surface area (Å²) in [7, 11) is 0. The maximum atomic E-state index is 14.1. The summed E-state index contributed by atoms with van der Waals surface area (Å²) in [4.78, 5) is 25.4. The monoisotopic (exact) mass is 609 g/mol. The Bertz CT molecular complexity index is 1420. The van der Waals surface area contributed by atoms with Crippen LogP contribution >= 0.6 is 36.4 Å². The Kier molecular flexibility index (Phi) is 10.8. The van der Waals surface area contributed by atoms with Crippen LogP contribution in [0.15, 0.2) is 60.9 Å². The molecule has 1 unspecified atom stereocenters. The maximum Gasteiger partial charge on any atom is 0.231 e. The highest BCUT2D eigenvalue weighted by Crippen LogP contribution is 2.37. The molecule has 1 aliphatic rings. The van der Waals surface area contributed by atoms with Gasteiger partial charge in [-0.1, -0.05) is 37.6 Å². The number of aromatic amines is 1. The molecule has 214 valence electrons. The molecule has 1 amide bonds. The molecule has 0 radical (unpaired) electrons. The topological polar surface area (TPSA) is 64.3 Å². The number of rotatable bonds is 7. The predicted molar refractivity (Wildman–Crippen MR) is 162 cm³/mol. The minimum atomic E-state index is -0.640. The second-order valence-electron chi connectivity index (χ2n) is 9.90. The van der Waals surface area contributed by atoms with Crippen LogP contribution < -0.4 is 10.2 Å². The number of hydrogen-bond donors (Lipinski definition) is 2. The number of halogens is 5. The van der Waals surface area contributed by atoms with Gasteiger partial charge in [0.25, 0.3) is 0 Å². The van der Waals surface area contributed by atoms with Crippen LogP contribution in [0.1, 0.15) is 25.3 Å². The van der Waals surface area contributed by atoms with Gasteiger partial charge in [-0.3, -0.25) is 4.79 Å². The van der Waals surface area contributed by atoms with E-state index in [1.807, 2.05) is 35.2 Å². The zero-order valence-corrected chi connectivity index (χ0v) is 24.6. The van der Waals surface area contributed by atoms with E-state index >= 15 is 0 Å². The molecule has 4 aromatic rings. The number of fused-ring (bicyclic) bond motifs is 1. The van der Waals surface area contributed by atoms with Crippen molar-refractivity contribution in [1.29, 1.82) is 0 Å². The van der Waals surface area contributed by atoms with Crippen LogP contribution in [-0.2, 0) is 4.79 Å². The molecule has 1 saturated heterocycles. The van der Waals surface area contributed by atoms with E-state index in [2.05, 4.69) is 34.0 Å². The Morgan fingerprint density at radius 2 is 1.68 bits per heavy atom. The lowest BCUT2D eigenvalue weighted by molar-refractivity contribution is -0.133. The summed E-state index contributed by atoms with van der Waals surface area (Å²) < 4.78 is 28.2. The SMILES string of the molecule is CC(C)NCC(C(=O)N1CCN(c2c(-c3cc(F)cc(F)c3)cnc3[nH]ccc23)CC1)c1ccc(Cl)cc1.Cl.Cl. The van der Waals surface area contributed by atoms with Gasteiger partial charge in [0.15, 0.2) is 0 Å². The van der Waals surface area contributed by atoms with Gasteiger partial charge in [-0.25, -0.2) is 13.8 Å². The fourth-order valence-electron chi connectivity index (χ4n) is 5.02. The van der Waals surface area contributed by atoms with Crippen LogP contribution in [-0.4, -0.2) is 59.5 Å². The van der Waals surface area contributed by atoms with Crippen molar-refractivity contribution < 1.29 is 13.6 Å². The summed E-state index contributed by atoms with van der Waals surface area (Å²) in [6.07, 6.45) is 3.45. The third-order valence-corrected chi connectivity index (χ3v) is 7.19. The van der Waals surface area contributed by atoms with Gasteiger partial charge < -0.3 is 20.1 Å². The van der Waals surface area contributed by atoms with Gasteiger partial charge in [0.1, 0.15) is 17.3 Å².